The number of hydrogen-bond acceptors (Lipinski definition) is 6. The molecule has 3 N–H and O–H groups in total. The fourth-order valence-electron chi connectivity index (χ4n) is 9.33. The second kappa shape index (κ2) is 8.98. The van der Waals surface area contributed by atoms with Gasteiger partial charge in [-0.2, -0.15) is 5.10 Å². The van der Waals surface area contributed by atoms with Crippen molar-refractivity contribution in [2.45, 2.75) is 83.5 Å². The second-order valence-corrected chi connectivity index (χ2v) is 13.6. The van der Waals surface area contributed by atoms with Crippen LogP contribution in [0, 0.1) is 40.3 Å². The molecule has 1 aromatic carbocycles. The Hall–Kier alpha value is -3.04. The average molecular weight is 565 g/mol. The summed E-state index contributed by atoms with van der Waals surface area (Å²) in [7, 11) is 0. The van der Waals surface area contributed by atoms with Gasteiger partial charge in [-0.15, -0.1) is 0 Å². The van der Waals surface area contributed by atoms with Gasteiger partial charge >= 0.3 is 11.9 Å². The summed E-state index contributed by atoms with van der Waals surface area (Å²) < 4.78 is 21.8. The summed E-state index contributed by atoms with van der Waals surface area (Å²) in [6.45, 7) is 3.75. The van der Waals surface area contributed by atoms with E-state index in [0.717, 1.165) is 36.9 Å². The molecule has 4 fully saturated rings. The van der Waals surface area contributed by atoms with Crippen LogP contribution in [0.2, 0.25) is 0 Å². The highest BCUT2D eigenvalue weighted by Crippen LogP contribution is 2.68. The maximum Gasteiger partial charge on any atom is 0.348 e. The molecule has 4 saturated carbocycles. The number of ether oxygens (including phenoxy) is 1. The number of halogens is 1. The molecule has 218 valence electrons. The van der Waals surface area contributed by atoms with Crippen LogP contribution < -0.4 is 0 Å². The zero-order chi connectivity index (χ0) is 28.9. The minimum atomic E-state index is -1.61. The van der Waals surface area contributed by atoms with E-state index in [2.05, 4.69) is 18.1 Å². The van der Waals surface area contributed by atoms with E-state index in [1.165, 1.54) is 11.6 Å². The smallest absolute Gasteiger partial charge is 0.348 e. The van der Waals surface area contributed by atoms with Gasteiger partial charge < -0.3 is 20.1 Å². The van der Waals surface area contributed by atoms with Crippen molar-refractivity contribution in [1.82, 2.24) is 9.78 Å². The number of aromatic nitrogens is 2. The highest BCUT2D eigenvalue weighted by atomic mass is 19.1. The molecule has 41 heavy (non-hydrogen) atoms. The number of esters is 1. The van der Waals surface area contributed by atoms with Crippen molar-refractivity contribution in [2.24, 2.45) is 34.5 Å². The number of carbonyl (C=O) groups is 2. The quantitative estimate of drug-likeness (QED) is 0.459. The SMILES string of the molecule is C[C@]12Cc3cnn(-c4ccc(F)c(CO)c4)c3C=C1CC[C@@H]1[C@@H]2[C@@H](O)C[C@@]2(C)[C@H]1CC[C@]2(OC(=O)C1CC1)C(=O)O. The molecule has 7 atom stereocenters. The lowest BCUT2D eigenvalue weighted by molar-refractivity contribution is -0.211. The third-order valence-corrected chi connectivity index (χ3v) is 11.5. The van der Waals surface area contributed by atoms with E-state index in [1.807, 2.05) is 13.1 Å². The van der Waals surface area contributed by atoms with Crippen molar-refractivity contribution in [3.8, 4) is 5.69 Å². The molecule has 8 nitrogen and oxygen atoms in total. The average Bonchev–Trinajstić information content (AvgIpc) is 3.64. The fourth-order valence-corrected chi connectivity index (χ4v) is 9.33. The lowest BCUT2D eigenvalue weighted by atomic mass is 9.45. The van der Waals surface area contributed by atoms with Gasteiger partial charge in [0.1, 0.15) is 5.82 Å². The number of allylic oxidation sites excluding steroid dienone is 1. The molecule has 1 aromatic heterocycles. The Morgan fingerprint density at radius 3 is 2.68 bits per heavy atom. The van der Waals surface area contributed by atoms with Gasteiger partial charge in [0.2, 0.25) is 5.60 Å². The Kier molecular flexibility index (Phi) is 5.88. The third kappa shape index (κ3) is 3.67. The Morgan fingerprint density at radius 1 is 1.20 bits per heavy atom. The van der Waals surface area contributed by atoms with Gasteiger partial charge in [-0.25, -0.2) is 13.9 Å². The summed E-state index contributed by atoms with van der Waals surface area (Å²) >= 11 is 0. The van der Waals surface area contributed by atoms with Gasteiger partial charge in [-0.05, 0) is 104 Å². The molecule has 0 unspecified atom stereocenters. The maximum atomic E-state index is 14.0. The number of benzene rings is 1. The number of carboxylic acids is 1. The summed E-state index contributed by atoms with van der Waals surface area (Å²) in [4.78, 5) is 25.6. The fraction of sp³-hybridized carbons (Fsp3) is 0.594. The largest absolute Gasteiger partial charge is 0.478 e. The minimum Gasteiger partial charge on any atom is -0.478 e. The molecule has 9 heteroatoms. The van der Waals surface area contributed by atoms with Crippen LogP contribution in [0.4, 0.5) is 4.39 Å². The van der Waals surface area contributed by atoms with E-state index in [4.69, 9.17) is 4.74 Å². The molecular weight excluding hydrogens is 527 g/mol. The zero-order valence-corrected chi connectivity index (χ0v) is 23.5. The molecule has 0 spiro atoms. The van der Waals surface area contributed by atoms with E-state index < -0.39 is 41.5 Å². The summed E-state index contributed by atoms with van der Waals surface area (Å²) in [5, 5.41) is 36.5. The van der Waals surface area contributed by atoms with Crippen LogP contribution in [-0.2, 0) is 27.4 Å². The van der Waals surface area contributed by atoms with Crippen molar-refractivity contribution < 1.29 is 34.0 Å². The van der Waals surface area contributed by atoms with Crippen LogP contribution in [0.15, 0.2) is 30.0 Å². The minimum absolute atomic E-state index is 0.0256. The number of fused-ring (bicyclic) bond motifs is 6. The van der Waals surface area contributed by atoms with Crippen molar-refractivity contribution in [3.05, 3.63) is 52.6 Å². The predicted molar refractivity (Wildman–Crippen MR) is 146 cm³/mol. The Labute approximate surface area is 238 Å². The molecule has 5 aliphatic rings. The van der Waals surface area contributed by atoms with Crippen LogP contribution in [0.25, 0.3) is 11.8 Å². The second-order valence-electron chi connectivity index (χ2n) is 13.6. The van der Waals surface area contributed by atoms with Crippen LogP contribution in [0.1, 0.15) is 75.6 Å². The topological polar surface area (TPSA) is 122 Å². The Balaban J connectivity index is 1.22. The number of aliphatic hydroxyl groups excluding tert-OH is 2. The van der Waals surface area contributed by atoms with Crippen molar-refractivity contribution in [1.29, 1.82) is 0 Å². The predicted octanol–water partition coefficient (Wildman–Crippen LogP) is 4.43. The number of aliphatic hydroxyl groups is 2. The molecule has 7 rings (SSSR count). The first-order valence-electron chi connectivity index (χ1n) is 14.8. The van der Waals surface area contributed by atoms with Crippen LogP contribution in [-0.4, -0.2) is 48.7 Å². The standard InChI is InChI=1S/C32H37FN2O6/c1-30-13-19-15-34-35(21-6-8-24(33)18(11-21)16-36)25(19)12-20(30)5-7-22-23-9-10-32(29(39)40,41-28(38)17-3-4-17)31(23,2)14-26(37)27(22)30/h6,8,11-12,15,17,22-23,26-27,36-37H,3-5,7,9-10,13-14,16H2,1-2H3,(H,39,40)/t22-,23-,26-,27+,30-,31-,32-/m0/s1. The number of hydrogen-bond donors (Lipinski definition) is 3. The molecule has 1 heterocycles. The maximum absolute atomic E-state index is 14.0. The number of nitrogens with zero attached hydrogens (tertiary/aromatic N) is 2. The monoisotopic (exact) mass is 564 g/mol. The summed E-state index contributed by atoms with van der Waals surface area (Å²) in [6.07, 6.45) is 8.29. The van der Waals surface area contributed by atoms with Crippen LogP contribution in [0.5, 0.6) is 0 Å². The molecule has 0 radical (unpaired) electrons. The summed E-state index contributed by atoms with van der Waals surface area (Å²) in [5.41, 5.74) is 1.31. The lowest BCUT2D eigenvalue weighted by Gasteiger charge is -2.60. The lowest BCUT2D eigenvalue weighted by Crippen LogP contribution is -2.63. The van der Waals surface area contributed by atoms with Crippen LogP contribution in [0.3, 0.4) is 0 Å². The number of rotatable bonds is 5. The summed E-state index contributed by atoms with van der Waals surface area (Å²) in [6, 6.07) is 4.61. The normalized spacial score (nSPS) is 37.3. The molecule has 2 aromatic rings. The van der Waals surface area contributed by atoms with Gasteiger partial charge in [0.25, 0.3) is 0 Å². The van der Waals surface area contributed by atoms with E-state index in [0.29, 0.717) is 18.5 Å². The summed E-state index contributed by atoms with van der Waals surface area (Å²) in [5.74, 6) is -2.09. The van der Waals surface area contributed by atoms with Gasteiger partial charge in [-0.3, -0.25) is 4.79 Å². The van der Waals surface area contributed by atoms with Crippen molar-refractivity contribution in [3.63, 3.8) is 0 Å². The number of carboxylic acid groups (broad SMARTS) is 1. The van der Waals surface area contributed by atoms with Gasteiger partial charge in [0.15, 0.2) is 0 Å². The molecule has 0 saturated heterocycles. The van der Waals surface area contributed by atoms with Crippen molar-refractivity contribution >= 4 is 18.0 Å². The van der Waals surface area contributed by atoms with Gasteiger partial charge in [0.05, 0.1) is 36.2 Å². The number of carbonyl (C=O) groups excluding carboxylic acids is 1. The molecular formula is C32H37FN2O6. The van der Waals surface area contributed by atoms with E-state index in [9.17, 15) is 29.3 Å². The third-order valence-electron chi connectivity index (χ3n) is 11.5. The van der Waals surface area contributed by atoms with E-state index in [1.54, 1.807) is 16.8 Å². The Bertz CT molecular complexity index is 1480. The highest BCUT2D eigenvalue weighted by Gasteiger charge is 2.71. The molecule has 0 aliphatic heterocycles. The highest BCUT2D eigenvalue weighted by molar-refractivity contribution is 5.85. The first-order valence-corrected chi connectivity index (χ1v) is 14.8. The zero-order valence-electron chi connectivity index (χ0n) is 23.5. The first kappa shape index (κ1) is 26.8. The molecule has 0 bridgehead atoms. The number of aliphatic carboxylic acids is 1. The Morgan fingerprint density at radius 2 is 1.98 bits per heavy atom. The first-order chi connectivity index (χ1) is 19.5. The molecule has 0 amide bonds. The van der Waals surface area contributed by atoms with E-state index in [-0.39, 0.29) is 47.5 Å². The van der Waals surface area contributed by atoms with Gasteiger partial charge in [-0.1, -0.05) is 19.4 Å². The van der Waals surface area contributed by atoms with Gasteiger partial charge in [0, 0.05) is 11.0 Å². The van der Waals surface area contributed by atoms with E-state index >= 15 is 0 Å². The van der Waals surface area contributed by atoms with Crippen LogP contribution >= 0.6 is 0 Å². The van der Waals surface area contributed by atoms with Crippen molar-refractivity contribution in [2.75, 3.05) is 0 Å². The molecule has 5 aliphatic carbocycles.